The van der Waals surface area contributed by atoms with E-state index < -0.39 is 24.2 Å². The fraction of sp³-hybridized carbons (Fsp3) is 0.571. The van der Waals surface area contributed by atoms with Crippen molar-refractivity contribution in [2.75, 3.05) is 19.8 Å². The molecule has 0 radical (unpaired) electrons. The van der Waals surface area contributed by atoms with Gasteiger partial charge in [-0.05, 0) is 25.7 Å². The van der Waals surface area contributed by atoms with Gasteiger partial charge in [0.2, 0.25) is 0 Å². The summed E-state index contributed by atoms with van der Waals surface area (Å²) in [7, 11) is 0. The Hall–Kier alpha value is -2.57. The van der Waals surface area contributed by atoms with Crippen LogP contribution in [0.1, 0.15) is 45.4 Å². The van der Waals surface area contributed by atoms with Gasteiger partial charge in [0, 0.05) is 44.0 Å². The van der Waals surface area contributed by atoms with E-state index in [-0.39, 0.29) is 25.7 Å². The van der Waals surface area contributed by atoms with Gasteiger partial charge in [0.05, 0.1) is 0 Å². The third-order valence-electron chi connectivity index (χ3n) is 2.88. The smallest absolute Gasteiger partial charge is 0.327 e. The molecule has 32 heavy (non-hydrogen) atoms. The lowest BCUT2D eigenvalue weighted by Gasteiger charge is -2.07. The fourth-order valence-electron chi connectivity index (χ4n) is 1.20. The number of hydrogen-bond acceptors (Lipinski definition) is 8. The Kier molecular flexibility index (Phi) is 44.6. The average Bonchev–Trinajstić information content (AvgIpc) is 2.76. The van der Waals surface area contributed by atoms with Crippen molar-refractivity contribution in [3.05, 3.63) is 38.0 Å². The molecule has 0 heterocycles. The van der Waals surface area contributed by atoms with Gasteiger partial charge in [0.15, 0.2) is 6.29 Å². The van der Waals surface area contributed by atoms with Gasteiger partial charge in [-0.25, -0.2) is 14.4 Å². The maximum Gasteiger partial charge on any atom is 0.327 e. The van der Waals surface area contributed by atoms with Crippen LogP contribution in [0.2, 0.25) is 0 Å². The molecule has 0 aromatic heterocycles. The van der Waals surface area contributed by atoms with Crippen molar-refractivity contribution < 1.29 is 55.2 Å². The summed E-state index contributed by atoms with van der Waals surface area (Å²) in [5.74, 6) is -2.99. The number of rotatable bonds is 12. The molecule has 0 spiro atoms. The molecule has 0 bridgehead atoms. The largest absolute Gasteiger partial charge is 0.478 e. The molecule has 0 fully saturated rings. The van der Waals surface area contributed by atoms with Crippen LogP contribution in [0.5, 0.6) is 0 Å². The zero-order valence-electron chi connectivity index (χ0n) is 18.7. The summed E-state index contributed by atoms with van der Waals surface area (Å²) >= 11 is 0. The maximum absolute atomic E-state index is 9.25. The van der Waals surface area contributed by atoms with E-state index in [1.807, 2.05) is 0 Å². The molecule has 11 nitrogen and oxygen atoms in total. The van der Waals surface area contributed by atoms with Gasteiger partial charge >= 0.3 is 17.9 Å². The van der Waals surface area contributed by atoms with E-state index in [1.165, 1.54) is 0 Å². The summed E-state index contributed by atoms with van der Waals surface area (Å²) in [5.41, 5.74) is 0. The third-order valence-corrected chi connectivity index (χ3v) is 2.88. The zero-order valence-corrected chi connectivity index (χ0v) is 18.7. The van der Waals surface area contributed by atoms with E-state index in [0.717, 1.165) is 37.5 Å². The molecule has 0 saturated heterocycles. The average molecular weight is 469 g/mol. The highest BCUT2D eigenvalue weighted by atomic mass is 16.5. The number of carboxylic acids is 3. The minimum atomic E-state index is -1.10. The summed E-state index contributed by atoms with van der Waals surface area (Å²) in [5, 5.41) is 64.8. The number of carbonyl (C=O) groups is 3. The first-order valence-electron chi connectivity index (χ1n) is 9.68. The molecular weight excluding hydrogens is 428 g/mol. The zero-order chi connectivity index (χ0) is 26.4. The molecule has 0 saturated carbocycles. The summed E-state index contributed by atoms with van der Waals surface area (Å²) in [6.45, 7) is 11.1. The van der Waals surface area contributed by atoms with Crippen molar-refractivity contribution in [3.63, 3.8) is 0 Å². The molecular formula is C21H40O11. The van der Waals surface area contributed by atoms with Crippen LogP contribution in [0.15, 0.2) is 38.0 Å². The van der Waals surface area contributed by atoms with Gasteiger partial charge in [-0.2, -0.15) is 0 Å². The Morgan fingerprint density at radius 2 is 1.06 bits per heavy atom. The van der Waals surface area contributed by atoms with Crippen molar-refractivity contribution >= 4 is 17.9 Å². The molecule has 0 atom stereocenters. The molecule has 0 aliphatic carbocycles. The van der Waals surface area contributed by atoms with Crippen molar-refractivity contribution in [2.24, 2.45) is 5.92 Å². The molecule has 8 N–H and O–H groups in total. The molecule has 0 aliphatic heterocycles. The summed E-state index contributed by atoms with van der Waals surface area (Å²) in [6.07, 6.45) is 6.43. The van der Waals surface area contributed by atoms with Gasteiger partial charge in [0.1, 0.15) is 0 Å². The Bertz CT molecular complexity index is 416. The first-order chi connectivity index (χ1) is 14.9. The highest BCUT2D eigenvalue weighted by molar-refractivity contribution is 5.79. The second-order valence-corrected chi connectivity index (χ2v) is 5.70. The van der Waals surface area contributed by atoms with Crippen LogP contribution in [0.4, 0.5) is 0 Å². The van der Waals surface area contributed by atoms with E-state index in [1.54, 1.807) is 0 Å². The van der Waals surface area contributed by atoms with Crippen molar-refractivity contribution in [1.29, 1.82) is 0 Å². The van der Waals surface area contributed by atoms with Gasteiger partial charge in [0.25, 0.3) is 0 Å². The molecule has 190 valence electrons. The van der Waals surface area contributed by atoms with Crippen LogP contribution < -0.4 is 0 Å². The van der Waals surface area contributed by atoms with Crippen LogP contribution in [-0.2, 0) is 14.4 Å². The first-order valence-corrected chi connectivity index (χ1v) is 9.68. The van der Waals surface area contributed by atoms with E-state index in [4.69, 9.17) is 40.9 Å². The monoisotopic (exact) mass is 468 g/mol. The number of carboxylic acid groups (broad SMARTS) is 3. The predicted octanol–water partition coefficient (Wildman–Crippen LogP) is 1.01. The minimum Gasteiger partial charge on any atom is -0.478 e. The molecule has 11 heteroatoms. The van der Waals surface area contributed by atoms with Crippen LogP contribution >= 0.6 is 0 Å². The molecule has 0 aromatic rings. The minimum absolute atomic E-state index is 0.0104. The highest BCUT2D eigenvalue weighted by Crippen LogP contribution is 2.02. The Morgan fingerprint density at radius 1 is 0.719 bits per heavy atom. The van der Waals surface area contributed by atoms with E-state index >= 15 is 0 Å². The van der Waals surface area contributed by atoms with Crippen LogP contribution in [0.3, 0.4) is 0 Å². The van der Waals surface area contributed by atoms with Gasteiger partial charge in [-0.15, -0.1) is 0 Å². The molecule has 0 rings (SSSR count). The second-order valence-electron chi connectivity index (χ2n) is 5.70. The summed E-state index contributed by atoms with van der Waals surface area (Å²) < 4.78 is 0. The molecule has 0 amide bonds. The molecule has 0 unspecified atom stereocenters. The number of aliphatic hydroxyl groups excluding tert-OH is 4. The van der Waals surface area contributed by atoms with E-state index in [9.17, 15) is 14.4 Å². The lowest BCUT2D eigenvalue weighted by molar-refractivity contribution is -0.132. The normalized spacial score (nSPS) is 8.62. The van der Waals surface area contributed by atoms with Crippen molar-refractivity contribution in [2.45, 2.75) is 51.7 Å². The van der Waals surface area contributed by atoms with Crippen LogP contribution in [-0.4, -0.2) is 84.9 Å². The third kappa shape index (κ3) is 71.0. The lowest BCUT2D eigenvalue weighted by Crippen LogP contribution is -2.11. The van der Waals surface area contributed by atoms with Crippen molar-refractivity contribution in [1.82, 2.24) is 0 Å². The van der Waals surface area contributed by atoms with E-state index in [2.05, 4.69) is 26.7 Å². The summed E-state index contributed by atoms with van der Waals surface area (Å²) in [6, 6.07) is 0. The second kappa shape index (κ2) is 35.8. The Morgan fingerprint density at radius 3 is 1.25 bits per heavy atom. The predicted molar refractivity (Wildman–Crippen MR) is 120 cm³/mol. The Labute approximate surface area is 189 Å². The number of unbranched alkanes of at least 4 members (excludes halogenated alkanes) is 2. The van der Waals surface area contributed by atoms with Gasteiger partial charge in [-0.1, -0.05) is 39.5 Å². The quantitative estimate of drug-likeness (QED) is 0.115. The maximum atomic E-state index is 9.25. The number of hydrogen-bond donors (Lipinski definition) is 8. The Balaban J connectivity index is -0.0000000976. The first kappa shape index (κ1) is 39.9. The van der Waals surface area contributed by atoms with Crippen molar-refractivity contribution in [3.8, 4) is 0 Å². The van der Waals surface area contributed by atoms with Crippen LogP contribution in [0.25, 0.3) is 0 Å². The van der Waals surface area contributed by atoms with E-state index in [0.29, 0.717) is 19.3 Å². The van der Waals surface area contributed by atoms with Gasteiger partial charge in [-0.3, -0.25) is 0 Å². The molecule has 0 aliphatic rings. The van der Waals surface area contributed by atoms with Crippen LogP contribution in [0, 0.1) is 5.92 Å². The SMILES string of the molecule is C=CC(=O)O.C=CC(=O)O.C=CC(=O)O.CCCCCC(O)O.OCCCC(CO)CO. The number of aliphatic hydroxyl groups is 5. The number of aliphatic carboxylic acids is 3. The molecule has 0 aromatic carbocycles. The van der Waals surface area contributed by atoms with Gasteiger partial charge < -0.3 is 40.9 Å². The summed E-state index contributed by atoms with van der Waals surface area (Å²) in [4.78, 5) is 27.8. The highest BCUT2D eigenvalue weighted by Gasteiger charge is 2.03. The standard InChI is InChI=1S/C6H14O3.C6H14O2.3C3H4O2/c7-3-1-2-6(4-8)5-9;1-2-3-4-5-6(7)8;3*1-2-3(4)5/h6-9H,1-5H2;6-8H,2-5H2,1H3;3*2H,1H2,(H,4,5). The topological polar surface area (TPSA) is 213 Å². The lowest BCUT2D eigenvalue weighted by atomic mass is 10.1. The fourth-order valence-corrected chi connectivity index (χ4v) is 1.20.